The number of benzene rings is 1. The summed E-state index contributed by atoms with van der Waals surface area (Å²) in [6.45, 7) is 5.94. The highest BCUT2D eigenvalue weighted by molar-refractivity contribution is 6.05. The molecule has 9 heteroatoms. The van der Waals surface area contributed by atoms with Crippen LogP contribution in [0.3, 0.4) is 0 Å². The number of hydrogen-bond acceptors (Lipinski definition) is 5. The molecule has 1 saturated heterocycles. The number of amides is 2. The summed E-state index contributed by atoms with van der Waals surface area (Å²) in [6, 6.07) is 6.20. The van der Waals surface area contributed by atoms with Crippen molar-refractivity contribution in [2.24, 2.45) is 0 Å². The fourth-order valence-corrected chi connectivity index (χ4v) is 3.96. The number of nitrogens with one attached hydrogen (secondary N) is 1. The van der Waals surface area contributed by atoms with Gasteiger partial charge in [0.2, 0.25) is 11.3 Å². The molecule has 3 aromatic rings. The summed E-state index contributed by atoms with van der Waals surface area (Å²) in [6.07, 6.45) is 4.57. The molecule has 3 heterocycles. The van der Waals surface area contributed by atoms with Crippen molar-refractivity contribution in [1.82, 2.24) is 14.5 Å². The lowest BCUT2D eigenvalue weighted by atomic mass is 10.1. The lowest BCUT2D eigenvalue weighted by Gasteiger charge is -2.36. The minimum atomic E-state index is -0.572. The molecule has 0 unspecified atom stereocenters. The largest absolute Gasteiger partial charge is 0.366 e. The first-order valence-electron chi connectivity index (χ1n) is 10.5. The Hall–Kier alpha value is -3.75. The lowest BCUT2D eigenvalue weighted by Crippen LogP contribution is -2.48. The molecule has 2 amide bonds. The molecule has 1 aliphatic rings. The normalized spacial score (nSPS) is 14.0. The van der Waals surface area contributed by atoms with E-state index in [1.54, 1.807) is 33.9 Å². The van der Waals surface area contributed by atoms with Crippen LogP contribution >= 0.6 is 0 Å². The van der Waals surface area contributed by atoms with Crippen LogP contribution in [-0.4, -0.2) is 52.4 Å². The van der Waals surface area contributed by atoms with Crippen molar-refractivity contribution in [1.29, 1.82) is 0 Å². The second-order valence-corrected chi connectivity index (χ2v) is 7.67. The third kappa shape index (κ3) is 4.05. The minimum Gasteiger partial charge on any atom is -0.366 e. The number of piperazine rings is 1. The number of hydrogen-bond donors (Lipinski definition) is 1. The van der Waals surface area contributed by atoms with E-state index in [1.165, 1.54) is 25.4 Å². The summed E-state index contributed by atoms with van der Waals surface area (Å²) >= 11 is 0. The highest BCUT2D eigenvalue weighted by atomic mass is 19.1. The number of nitrogens with zero attached hydrogens (tertiary/aromatic N) is 4. The van der Waals surface area contributed by atoms with Crippen LogP contribution in [0.4, 0.5) is 15.8 Å². The summed E-state index contributed by atoms with van der Waals surface area (Å²) < 4.78 is 16.8. The molecule has 4 rings (SSSR count). The van der Waals surface area contributed by atoms with Gasteiger partial charge in [-0.05, 0) is 31.2 Å². The van der Waals surface area contributed by atoms with Crippen LogP contribution in [0.5, 0.6) is 0 Å². The molecule has 166 valence electrons. The monoisotopic (exact) mass is 437 g/mol. The maximum Gasteiger partial charge on any atom is 0.261 e. The predicted molar refractivity (Wildman–Crippen MR) is 120 cm³/mol. The maximum absolute atomic E-state index is 15.1. The van der Waals surface area contributed by atoms with Crippen molar-refractivity contribution >= 4 is 34.1 Å². The van der Waals surface area contributed by atoms with Gasteiger partial charge in [-0.25, -0.2) is 4.39 Å². The van der Waals surface area contributed by atoms with Crippen LogP contribution in [0, 0.1) is 5.82 Å². The number of fused-ring (bicyclic) bond motifs is 1. The number of carbonyl (C=O) groups excluding carboxylic acids is 2. The van der Waals surface area contributed by atoms with Crippen molar-refractivity contribution in [2.45, 2.75) is 20.4 Å². The van der Waals surface area contributed by atoms with Crippen molar-refractivity contribution in [3.8, 4) is 0 Å². The Balaban J connectivity index is 1.71. The standard InChI is InChI=1S/C23H24FN5O3/c1-3-27-14-18(23(32)26-16-5-4-6-25-13-16)22(31)17-11-19(24)21(12-20(17)27)29-9-7-28(8-10-29)15(2)30/h4-6,11-14H,3,7-10H2,1-2H3,(H,26,32). The van der Waals surface area contributed by atoms with Crippen molar-refractivity contribution < 1.29 is 14.0 Å². The molecule has 2 aromatic heterocycles. The Morgan fingerprint density at radius 2 is 1.94 bits per heavy atom. The van der Waals surface area contributed by atoms with Crippen LogP contribution in [0.2, 0.25) is 0 Å². The first kappa shape index (κ1) is 21.5. The van der Waals surface area contributed by atoms with Gasteiger partial charge in [0.05, 0.1) is 23.1 Å². The third-order valence-corrected chi connectivity index (χ3v) is 5.72. The third-order valence-electron chi connectivity index (χ3n) is 5.72. The van der Waals surface area contributed by atoms with Gasteiger partial charge < -0.3 is 19.7 Å². The van der Waals surface area contributed by atoms with Crippen molar-refractivity contribution in [3.05, 3.63) is 64.5 Å². The number of anilines is 2. The SMILES string of the molecule is CCn1cc(C(=O)Nc2cccnc2)c(=O)c2cc(F)c(N3CCN(C(C)=O)CC3)cc21. The highest BCUT2D eigenvalue weighted by Gasteiger charge is 2.23. The van der Waals surface area contributed by atoms with Gasteiger partial charge in [-0.1, -0.05) is 0 Å². The lowest BCUT2D eigenvalue weighted by molar-refractivity contribution is -0.129. The molecular formula is C23H24FN5O3. The van der Waals surface area contributed by atoms with Gasteiger partial charge in [0.25, 0.3) is 5.91 Å². The molecule has 1 fully saturated rings. The van der Waals surface area contributed by atoms with E-state index in [0.717, 1.165) is 0 Å². The second kappa shape index (κ2) is 8.78. The number of carbonyl (C=O) groups is 2. The topological polar surface area (TPSA) is 87.5 Å². The van der Waals surface area contributed by atoms with Gasteiger partial charge >= 0.3 is 0 Å². The van der Waals surface area contributed by atoms with Crippen LogP contribution < -0.4 is 15.6 Å². The van der Waals surface area contributed by atoms with Gasteiger partial charge in [-0.3, -0.25) is 19.4 Å². The Morgan fingerprint density at radius 3 is 2.56 bits per heavy atom. The molecule has 0 aliphatic carbocycles. The van der Waals surface area contributed by atoms with E-state index in [2.05, 4.69) is 10.3 Å². The average Bonchev–Trinajstić information content (AvgIpc) is 2.80. The number of rotatable bonds is 4. The molecule has 0 spiro atoms. The summed E-state index contributed by atoms with van der Waals surface area (Å²) in [5, 5.41) is 2.80. The zero-order valence-corrected chi connectivity index (χ0v) is 18.0. The summed E-state index contributed by atoms with van der Waals surface area (Å²) in [5.74, 6) is -1.10. The van der Waals surface area contributed by atoms with Crippen LogP contribution in [0.25, 0.3) is 10.9 Å². The van der Waals surface area contributed by atoms with Gasteiger partial charge in [0.15, 0.2) is 0 Å². The van der Waals surface area contributed by atoms with E-state index >= 15 is 4.39 Å². The first-order chi connectivity index (χ1) is 15.4. The van der Waals surface area contributed by atoms with E-state index < -0.39 is 17.2 Å². The molecule has 0 bridgehead atoms. The first-order valence-corrected chi connectivity index (χ1v) is 10.5. The Morgan fingerprint density at radius 1 is 1.19 bits per heavy atom. The molecular weight excluding hydrogens is 413 g/mol. The average molecular weight is 437 g/mol. The van der Waals surface area contributed by atoms with Gasteiger partial charge in [0, 0.05) is 57.4 Å². The van der Waals surface area contributed by atoms with Gasteiger partial charge in [-0.15, -0.1) is 0 Å². The highest BCUT2D eigenvalue weighted by Crippen LogP contribution is 2.26. The van der Waals surface area contributed by atoms with Gasteiger partial charge in [0.1, 0.15) is 11.4 Å². The van der Waals surface area contributed by atoms with E-state index in [9.17, 15) is 14.4 Å². The van der Waals surface area contributed by atoms with Crippen LogP contribution in [0.1, 0.15) is 24.2 Å². The molecule has 0 saturated carbocycles. The molecule has 0 atom stereocenters. The number of aromatic nitrogens is 2. The molecule has 1 aromatic carbocycles. The molecule has 1 aliphatic heterocycles. The summed E-state index contributed by atoms with van der Waals surface area (Å²) in [4.78, 5) is 44.9. The van der Waals surface area contributed by atoms with Crippen molar-refractivity contribution in [3.63, 3.8) is 0 Å². The fourth-order valence-electron chi connectivity index (χ4n) is 3.96. The van der Waals surface area contributed by atoms with E-state index in [-0.39, 0.29) is 16.9 Å². The molecule has 32 heavy (non-hydrogen) atoms. The smallest absolute Gasteiger partial charge is 0.261 e. The Bertz CT molecular complexity index is 1230. The number of aryl methyl sites for hydroxylation is 1. The quantitative estimate of drug-likeness (QED) is 0.678. The fraction of sp³-hybridized carbons (Fsp3) is 0.304. The Labute approximate surface area is 184 Å². The summed E-state index contributed by atoms with van der Waals surface area (Å²) in [7, 11) is 0. The van der Waals surface area contributed by atoms with E-state index in [0.29, 0.717) is 49.6 Å². The number of pyridine rings is 2. The zero-order valence-electron chi connectivity index (χ0n) is 18.0. The number of halogens is 1. The van der Waals surface area contributed by atoms with Crippen LogP contribution in [0.15, 0.2) is 47.7 Å². The van der Waals surface area contributed by atoms with E-state index in [1.807, 2.05) is 11.8 Å². The van der Waals surface area contributed by atoms with Crippen LogP contribution in [-0.2, 0) is 11.3 Å². The Kier molecular flexibility index (Phi) is 5.89. The zero-order chi connectivity index (χ0) is 22.8. The summed E-state index contributed by atoms with van der Waals surface area (Å²) in [5.41, 5.74) is 0.810. The predicted octanol–water partition coefficient (Wildman–Crippen LogP) is 2.48. The minimum absolute atomic E-state index is 0.000505. The molecule has 8 nitrogen and oxygen atoms in total. The van der Waals surface area contributed by atoms with Gasteiger partial charge in [-0.2, -0.15) is 0 Å². The van der Waals surface area contributed by atoms with Crippen molar-refractivity contribution in [2.75, 3.05) is 36.4 Å². The second-order valence-electron chi connectivity index (χ2n) is 7.67. The molecule has 1 N–H and O–H groups in total. The maximum atomic E-state index is 15.1. The van der Waals surface area contributed by atoms with E-state index in [4.69, 9.17) is 0 Å². The molecule has 0 radical (unpaired) electrons.